The molecule has 0 heterocycles. The van der Waals surface area contributed by atoms with Crippen LogP contribution >= 0.6 is 23.2 Å². The molecule has 1 N–H and O–H groups in total. The van der Waals surface area contributed by atoms with E-state index < -0.39 is 22.9 Å². The molecule has 1 atom stereocenters. The lowest BCUT2D eigenvalue weighted by Gasteiger charge is -2.14. The van der Waals surface area contributed by atoms with E-state index in [9.17, 15) is 19.7 Å². The summed E-state index contributed by atoms with van der Waals surface area (Å²) in [5, 5.41) is 13.7. The Morgan fingerprint density at radius 3 is 2.52 bits per heavy atom. The van der Waals surface area contributed by atoms with Gasteiger partial charge in [-0.05, 0) is 31.2 Å². The summed E-state index contributed by atoms with van der Waals surface area (Å²) in [6, 6.07) is 9.84. The van der Waals surface area contributed by atoms with Gasteiger partial charge in [0, 0.05) is 11.1 Å². The molecule has 0 radical (unpaired) electrons. The average molecular weight is 383 g/mol. The van der Waals surface area contributed by atoms with Crippen LogP contribution in [0.25, 0.3) is 0 Å². The summed E-state index contributed by atoms with van der Waals surface area (Å²) in [5.41, 5.74) is -0.212. The summed E-state index contributed by atoms with van der Waals surface area (Å²) >= 11 is 11.7. The Hall–Kier alpha value is -2.64. The van der Waals surface area contributed by atoms with E-state index in [-0.39, 0.29) is 22.0 Å². The number of carbonyl (C=O) groups excluding carboxylic acids is 2. The van der Waals surface area contributed by atoms with Crippen LogP contribution in [0.15, 0.2) is 42.5 Å². The number of nitrogens with zero attached hydrogens (tertiary/aromatic N) is 1. The van der Waals surface area contributed by atoms with Gasteiger partial charge < -0.3 is 10.1 Å². The lowest BCUT2D eigenvalue weighted by Crippen LogP contribution is -2.30. The molecule has 0 aliphatic rings. The van der Waals surface area contributed by atoms with Crippen LogP contribution in [-0.2, 0) is 9.53 Å². The van der Waals surface area contributed by atoms with E-state index in [0.717, 1.165) is 0 Å². The number of anilines is 1. The van der Waals surface area contributed by atoms with Crippen molar-refractivity contribution in [2.24, 2.45) is 0 Å². The summed E-state index contributed by atoms with van der Waals surface area (Å²) in [6.45, 7) is 1.34. The maximum absolute atomic E-state index is 12.1. The van der Waals surface area contributed by atoms with Crippen LogP contribution in [0, 0.1) is 10.1 Å². The second-order valence-corrected chi connectivity index (χ2v) is 5.78. The molecule has 0 spiro atoms. The fourth-order valence-electron chi connectivity index (χ4n) is 1.91. The maximum Gasteiger partial charge on any atom is 0.340 e. The van der Waals surface area contributed by atoms with E-state index in [0.29, 0.717) is 5.02 Å². The van der Waals surface area contributed by atoms with Gasteiger partial charge in [-0.2, -0.15) is 0 Å². The normalized spacial score (nSPS) is 11.5. The number of amides is 1. The smallest absolute Gasteiger partial charge is 0.340 e. The number of carbonyl (C=O) groups is 2. The Morgan fingerprint density at radius 1 is 1.20 bits per heavy atom. The number of esters is 1. The molecule has 0 aromatic heterocycles. The molecule has 25 heavy (non-hydrogen) atoms. The van der Waals surface area contributed by atoms with Crippen molar-refractivity contribution in [3.05, 3.63) is 68.2 Å². The second-order valence-electron chi connectivity index (χ2n) is 4.94. The average Bonchev–Trinajstić information content (AvgIpc) is 2.54. The zero-order valence-electron chi connectivity index (χ0n) is 12.9. The molecule has 2 rings (SSSR count). The molecule has 2 aromatic rings. The molecule has 9 heteroatoms. The first kappa shape index (κ1) is 18.7. The Labute approximate surface area is 152 Å². The van der Waals surface area contributed by atoms with E-state index in [4.69, 9.17) is 27.9 Å². The molecule has 2 aromatic carbocycles. The zero-order valence-corrected chi connectivity index (χ0v) is 14.4. The summed E-state index contributed by atoms with van der Waals surface area (Å²) in [4.78, 5) is 34.5. The molecule has 0 saturated carbocycles. The number of ether oxygens (including phenoxy) is 1. The highest BCUT2D eigenvalue weighted by atomic mass is 35.5. The summed E-state index contributed by atoms with van der Waals surface area (Å²) in [7, 11) is 0. The first-order valence-electron chi connectivity index (χ1n) is 7.00. The monoisotopic (exact) mass is 382 g/mol. The molecule has 0 saturated heterocycles. The maximum atomic E-state index is 12.1. The van der Waals surface area contributed by atoms with Gasteiger partial charge in [-0.25, -0.2) is 4.79 Å². The van der Waals surface area contributed by atoms with Crippen LogP contribution < -0.4 is 5.32 Å². The number of hydrogen-bond acceptors (Lipinski definition) is 5. The Kier molecular flexibility index (Phi) is 5.95. The van der Waals surface area contributed by atoms with Gasteiger partial charge in [0.2, 0.25) is 0 Å². The molecule has 0 aliphatic carbocycles. The fourth-order valence-corrected chi connectivity index (χ4v) is 2.39. The van der Waals surface area contributed by atoms with Crippen molar-refractivity contribution < 1.29 is 19.2 Å². The number of benzene rings is 2. The van der Waals surface area contributed by atoms with Crippen molar-refractivity contribution in [1.82, 2.24) is 0 Å². The highest BCUT2D eigenvalue weighted by Crippen LogP contribution is 2.24. The van der Waals surface area contributed by atoms with Crippen LogP contribution in [0.5, 0.6) is 0 Å². The van der Waals surface area contributed by atoms with Crippen molar-refractivity contribution in [2.45, 2.75) is 13.0 Å². The van der Waals surface area contributed by atoms with Crippen molar-refractivity contribution in [3.8, 4) is 0 Å². The second kappa shape index (κ2) is 7.96. The predicted molar refractivity (Wildman–Crippen MR) is 93.1 cm³/mol. The minimum Gasteiger partial charge on any atom is -0.449 e. The molecule has 0 fully saturated rings. The number of nitro groups is 1. The molecule has 0 aliphatic heterocycles. The Balaban J connectivity index is 2.08. The van der Waals surface area contributed by atoms with Crippen LogP contribution in [0.2, 0.25) is 10.0 Å². The summed E-state index contributed by atoms with van der Waals surface area (Å²) < 4.78 is 5.04. The van der Waals surface area contributed by atoms with Gasteiger partial charge >= 0.3 is 5.97 Å². The first-order valence-corrected chi connectivity index (χ1v) is 7.75. The standard InChI is InChI=1S/C16H12Cl2N2O5/c1-9(25-16(22)11-7-6-10(17)8-12(11)18)15(21)19-13-4-2-3-5-14(13)20(23)24/h2-9H,1H3,(H,19,21)/t9-/m1/s1. The van der Waals surface area contributed by atoms with Crippen molar-refractivity contribution in [2.75, 3.05) is 5.32 Å². The van der Waals surface area contributed by atoms with Crippen LogP contribution in [0.3, 0.4) is 0 Å². The third kappa shape index (κ3) is 4.68. The molecule has 130 valence electrons. The molecular formula is C16H12Cl2N2O5. The highest BCUT2D eigenvalue weighted by molar-refractivity contribution is 6.36. The minimum atomic E-state index is -1.20. The van der Waals surface area contributed by atoms with E-state index in [2.05, 4.69) is 5.32 Å². The van der Waals surface area contributed by atoms with Crippen molar-refractivity contribution in [3.63, 3.8) is 0 Å². The van der Waals surface area contributed by atoms with Crippen molar-refractivity contribution in [1.29, 1.82) is 0 Å². The molecule has 1 amide bonds. The molecule has 7 nitrogen and oxygen atoms in total. The van der Waals surface area contributed by atoms with Crippen LogP contribution in [0.4, 0.5) is 11.4 Å². The van der Waals surface area contributed by atoms with Gasteiger partial charge in [0.05, 0.1) is 15.5 Å². The van der Waals surface area contributed by atoms with Crippen LogP contribution in [0.1, 0.15) is 17.3 Å². The highest BCUT2D eigenvalue weighted by Gasteiger charge is 2.23. The summed E-state index contributed by atoms with van der Waals surface area (Å²) in [5.74, 6) is -1.53. The molecule has 0 unspecified atom stereocenters. The lowest BCUT2D eigenvalue weighted by molar-refractivity contribution is -0.383. The predicted octanol–water partition coefficient (Wildman–Crippen LogP) is 4.09. The SMILES string of the molecule is C[C@@H](OC(=O)c1ccc(Cl)cc1Cl)C(=O)Nc1ccccc1[N+](=O)[O-]. The number of rotatable bonds is 5. The molecular weight excluding hydrogens is 371 g/mol. The van der Waals surface area contributed by atoms with Gasteiger partial charge in [-0.15, -0.1) is 0 Å². The number of para-hydroxylation sites is 2. The molecule has 0 bridgehead atoms. The largest absolute Gasteiger partial charge is 0.449 e. The lowest BCUT2D eigenvalue weighted by atomic mass is 10.2. The minimum absolute atomic E-state index is 0.00456. The van der Waals surface area contributed by atoms with Gasteiger partial charge in [0.15, 0.2) is 6.10 Å². The van der Waals surface area contributed by atoms with Gasteiger partial charge in [0.1, 0.15) is 5.69 Å². The van der Waals surface area contributed by atoms with Gasteiger partial charge in [-0.1, -0.05) is 35.3 Å². The topological polar surface area (TPSA) is 98.5 Å². The number of nitrogens with one attached hydrogen (secondary N) is 1. The van der Waals surface area contributed by atoms with E-state index in [1.165, 1.54) is 49.4 Å². The quantitative estimate of drug-likeness (QED) is 0.477. The third-order valence-corrected chi connectivity index (χ3v) is 3.71. The van der Waals surface area contributed by atoms with E-state index in [1.54, 1.807) is 0 Å². The Morgan fingerprint density at radius 2 is 1.88 bits per heavy atom. The van der Waals surface area contributed by atoms with Gasteiger partial charge in [0.25, 0.3) is 11.6 Å². The first-order chi connectivity index (χ1) is 11.8. The van der Waals surface area contributed by atoms with Gasteiger partial charge in [-0.3, -0.25) is 14.9 Å². The third-order valence-electron chi connectivity index (χ3n) is 3.16. The number of nitro benzene ring substituents is 1. The number of halogens is 2. The van der Waals surface area contributed by atoms with Crippen molar-refractivity contribution >= 4 is 46.5 Å². The van der Waals surface area contributed by atoms with Crippen LogP contribution in [-0.4, -0.2) is 22.9 Å². The summed E-state index contributed by atoms with van der Waals surface area (Å²) in [6.07, 6.45) is -1.20. The number of hydrogen-bond donors (Lipinski definition) is 1. The van der Waals surface area contributed by atoms with E-state index in [1.807, 2.05) is 0 Å². The fraction of sp³-hybridized carbons (Fsp3) is 0.125. The Bertz CT molecular complexity index is 841. The zero-order chi connectivity index (χ0) is 18.6. The van der Waals surface area contributed by atoms with E-state index >= 15 is 0 Å².